The van der Waals surface area contributed by atoms with Crippen LogP contribution in [0.3, 0.4) is 0 Å². The first kappa shape index (κ1) is 24.7. The number of piperidine rings is 1. The first-order valence-electron chi connectivity index (χ1n) is 13.2. The minimum absolute atomic E-state index is 0.104. The summed E-state index contributed by atoms with van der Waals surface area (Å²) in [6.07, 6.45) is 9.09. The third kappa shape index (κ3) is 5.23. The fourth-order valence-electron chi connectivity index (χ4n) is 4.98. The molecule has 6 rings (SSSR count). The minimum Gasteiger partial charge on any atom is -0.439 e. The highest BCUT2D eigenvalue weighted by molar-refractivity contribution is 6.09. The third-order valence-corrected chi connectivity index (χ3v) is 7.26. The molecule has 7 nitrogen and oxygen atoms in total. The van der Waals surface area contributed by atoms with Gasteiger partial charge in [0.2, 0.25) is 5.88 Å². The van der Waals surface area contributed by atoms with Crippen molar-refractivity contribution in [2.24, 2.45) is 0 Å². The van der Waals surface area contributed by atoms with E-state index in [4.69, 9.17) is 4.74 Å². The van der Waals surface area contributed by atoms with Crippen LogP contribution in [0.1, 0.15) is 48.2 Å². The fraction of sp³-hybridized carbons (Fsp3) is 0.226. The van der Waals surface area contributed by atoms with E-state index < -0.39 is 5.92 Å². The van der Waals surface area contributed by atoms with Crippen molar-refractivity contribution >= 4 is 22.4 Å². The third-order valence-electron chi connectivity index (χ3n) is 7.26. The van der Waals surface area contributed by atoms with Gasteiger partial charge in [-0.25, -0.2) is 9.37 Å². The number of aromatic nitrogens is 4. The molecule has 39 heavy (non-hydrogen) atoms. The van der Waals surface area contributed by atoms with Crippen LogP contribution in [0.25, 0.3) is 22.0 Å². The Balaban J connectivity index is 1.23. The van der Waals surface area contributed by atoms with E-state index in [2.05, 4.69) is 31.1 Å². The second kappa shape index (κ2) is 10.6. The van der Waals surface area contributed by atoms with Crippen LogP contribution in [0.2, 0.25) is 0 Å². The Hall–Kier alpha value is -4.59. The number of aromatic amines is 1. The summed E-state index contributed by atoms with van der Waals surface area (Å²) in [7, 11) is 0. The van der Waals surface area contributed by atoms with E-state index in [9.17, 15) is 9.18 Å². The van der Waals surface area contributed by atoms with E-state index in [1.165, 1.54) is 43.5 Å². The van der Waals surface area contributed by atoms with Gasteiger partial charge in [0, 0.05) is 48.4 Å². The Morgan fingerprint density at radius 2 is 1.77 bits per heavy atom. The molecule has 1 fully saturated rings. The van der Waals surface area contributed by atoms with E-state index >= 15 is 0 Å². The number of rotatable bonds is 7. The van der Waals surface area contributed by atoms with Crippen molar-refractivity contribution in [3.63, 3.8) is 0 Å². The number of nitrogens with one attached hydrogen (secondary N) is 1. The van der Waals surface area contributed by atoms with Crippen LogP contribution >= 0.6 is 0 Å². The second-order valence-electron chi connectivity index (χ2n) is 9.88. The quantitative estimate of drug-likeness (QED) is 0.234. The van der Waals surface area contributed by atoms with Gasteiger partial charge in [0.1, 0.15) is 17.3 Å². The van der Waals surface area contributed by atoms with Crippen molar-refractivity contribution in [3.8, 4) is 22.8 Å². The van der Waals surface area contributed by atoms with Gasteiger partial charge in [-0.05, 0) is 72.9 Å². The van der Waals surface area contributed by atoms with Crippen LogP contribution in [0.4, 0.5) is 10.1 Å². The summed E-state index contributed by atoms with van der Waals surface area (Å²) in [6, 6.07) is 17.4. The lowest BCUT2D eigenvalue weighted by Crippen LogP contribution is -2.29. The zero-order valence-corrected chi connectivity index (χ0v) is 21.6. The van der Waals surface area contributed by atoms with E-state index in [0.29, 0.717) is 17.3 Å². The van der Waals surface area contributed by atoms with Crippen molar-refractivity contribution in [1.82, 2.24) is 20.2 Å². The Morgan fingerprint density at radius 3 is 2.54 bits per heavy atom. The topological polar surface area (TPSA) is 84.0 Å². The molecule has 0 saturated carbocycles. The highest BCUT2D eigenvalue weighted by atomic mass is 19.1. The lowest BCUT2D eigenvalue weighted by atomic mass is 9.94. The maximum Gasteiger partial charge on any atom is 0.219 e. The minimum atomic E-state index is -0.461. The number of benzene rings is 2. The molecular formula is C31H28FN5O2. The SMILES string of the molecule is C[C@@H](C(=O)c1n[nH]c2ccc(-c3cncc(N4CCCCC4)c3)cc12)c1ccc(Oc2ccc(F)cc2)nc1. The number of anilines is 1. The number of carbonyl (C=O) groups excluding carboxylic acids is 1. The predicted molar refractivity (Wildman–Crippen MR) is 149 cm³/mol. The fourth-order valence-corrected chi connectivity index (χ4v) is 4.98. The molecule has 0 unspecified atom stereocenters. The number of pyridine rings is 2. The Morgan fingerprint density at radius 1 is 0.949 bits per heavy atom. The number of Topliss-reactive ketones (excluding diaryl/α,β-unsaturated/α-hetero) is 1. The van der Waals surface area contributed by atoms with Crippen molar-refractivity contribution in [3.05, 3.63) is 96.3 Å². The molecule has 0 bridgehead atoms. The summed E-state index contributed by atoms with van der Waals surface area (Å²) in [4.78, 5) is 24.8. The molecule has 1 N–H and O–H groups in total. The number of ketones is 1. The molecule has 3 aromatic heterocycles. The number of hydrogen-bond donors (Lipinski definition) is 1. The average molecular weight is 522 g/mol. The molecule has 0 radical (unpaired) electrons. The number of fused-ring (bicyclic) bond motifs is 1. The molecule has 0 aliphatic carbocycles. The van der Waals surface area contributed by atoms with Gasteiger partial charge in [-0.1, -0.05) is 19.1 Å². The molecule has 1 saturated heterocycles. The smallest absolute Gasteiger partial charge is 0.219 e. The lowest BCUT2D eigenvalue weighted by Gasteiger charge is -2.28. The molecule has 2 aromatic carbocycles. The first-order valence-corrected chi connectivity index (χ1v) is 13.2. The molecule has 8 heteroatoms. The van der Waals surface area contributed by atoms with Crippen molar-refractivity contribution in [2.75, 3.05) is 18.0 Å². The van der Waals surface area contributed by atoms with Gasteiger partial charge in [0.25, 0.3) is 0 Å². The number of carbonyl (C=O) groups is 1. The maximum absolute atomic E-state index is 13.5. The van der Waals surface area contributed by atoms with Crippen LogP contribution in [-0.4, -0.2) is 39.0 Å². The van der Waals surface area contributed by atoms with Gasteiger partial charge in [0.15, 0.2) is 5.78 Å². The largest absolute Gasteiger partial charge is 0.439 e. The average Bonchev–Trinajstić information content (AvgIpc) is 3.42. The van der Waals surface area contributed by atoms with E-state index in [-0.39, 0.29) is 11.6 Å². The molecule has 1 atom stereocenters. The molecular weight excluding hydrogens is 493 g/mol. The monoisotopic (exact) mass is 521 g/mol. The summed E-state index contributed by atoms with van der Waals surface area (Å²) in [6.45, 7) is 3.95. The Bertz CT molecular complexity index is 1610. The standard InChI is InChI=1S/C31H28FN5O2/c1-20(22-6-12-29(34-18-22)39-26-9-7-24(32)8-10-26)31(38)30-27-16-21(5-11-28(27)35-36-30)23-15-25(19-33-17-23)37-13-3-2-4-14-37/h5-12,15-20H,2-4,13-14H2,1H3,(H,35,36)/t20-/m1/s1. The maximum atomic E-state index is 13.5. The number of halogens is 1. The van der Waals surface area contributed by atoms with E-state index in [0.717, 1.165) is 46.4 Å². The van der Waals surface area contributed by atoms with E-state index in [1.54, 1.807) is 12.3 Å². The molecule has 1 aliphatic rings. The van der Waals surface area contributed by atoms with Crippen LogP contribution in [0.5, 0.6) is 11.6 Å². The van der Waals surface area contributed by atoms with Crippen molar-refractivity contribution in [2.45, 2.75) is 32.1 Å². The summed E-state index contributed by atoms with van der Waals surface area (Å²) in [5, 5.41) is 8.15. The first-order chi connectivity index (χ1) is 19.0. The van der Waals surface area contributed by atoms with Crippen LogP contribution in [0, 0.1) is 5.82 Å². The Kier molecular flexibility index (Phi) is 6.75. The molecule has 1 aliphatic heterocycles. The van der Waals surface area contributed by atoms with Crippen LogP contribution in [-0.2, 0) is 0 Å². The molecule has 196 valence electrons. The van der Waals surface area contributed by atoms with Crippen molar-refractivity contribution < 1.29 is 13.9 Å². The summed E-state index contributed by atoms with van der Waals surface area (Å²) < 4.78 is 18.8. The zero-order chi connectivity index (χ0) is 26.8. The van der Waals surface area contributed by atoms with Crippen LogP contribution < -0.4 is 9.64 Å². The van der Waals surface area contributed by atoms with Gasteiger partial charge in [0.05, 0.1) is 17.4 Å². The Labute approximate surface area is 225 Å². The van der Waals surface area contributed by atoms with Gasteiger partial charge < -0.3 is 9.64 Å². The van der Waals surface area contributed by atoms with Gasteiger partial charge in [-0.15, -0.1) is 0 Å². The molecule has 0 amide bonds. The zero-order valence-electron chi connectivity index (χ0n) is 21.6. The van der Waals surface area contributed by atoms with E-state index in [1.807, 2.05) is 43.6 Å². The lowest BCUT2D eigenvalue weighted by molar-refractivity contribution is 0.0962. The van der Waals surface area contributed by atoms with Gasteiger partial charge in [-0.3, -0.25) is 14.9 Å². The predicted octanol–water partition coefficient (Wildman–Crippen LogP) is 6.93. The number of hydrogen-bond acceptors (Lipinski definition) is 6. The highest BCUT2D eigenvalue weighted by Crippen LogP contribution is 2.31. The van der Waals surface area contributed by atoms with Crippen molar-refractivity contribution in [1.29, 1.82) is 0 Å². The summed E-state index contributed by atoms with van der Waals surface area (Å²) >= 11 is 0. The second-order valence-corrected chi connectivity index (χ2v) is 9.88. The number of H-pyrrole nitrogens is 1. The molecule has 5 aromatic rings. The summed E-state index contributed by atoms with van der Waals surface area (Å²) in [5.41, 5.74) is 5.07. The number of nitrogens with zero attached hydrogens (tertiary/aromatic N) is 4. The number of ether oxygens (including phenoxy) is 1. The van der Waals surface area contributed by atoms with Crippen LogP contribution in [0.15, 0.2) is 79.3 Å². The summed E-state index contributed by atoms with van der Waals surface area (Å²) in [5.74, 6) is -0.0561. The van der Waals surface area contributed by atoms with Gasteiger partial charge in [-0.2, -0.15) is 5.10 Å². The normalized spacial score (nSPS) is 14.4. The highest BCUT2D eigenvalue weighted by Gasteiger charge is 2.23. The van der Waals surface area contributed by atoms with Gasteiger partial charge >= 0.3 is 0 Å². The molecule has 0 spiro atoms. The molecule has 4 heterocycles.